The maximum atomic E-state index is 13.4. The van der Waals surface area contributed by atoms with E-state index in [4.69, 9.17) is 4.74 Å². The Balaban J connectivity index is 2.69. The molecule has 0 saturated heterocycles. The van der Waals surface area contributed by atoms with Gasteiger partial charge in [-0.1, -0.05) is 53.7 Å². The molecule has 1 aromatic rings. The molecule has 1 N–H and O–H groups in total. The summed E-state index contributed by atoms with van der Waals surface area (Å²) < 4.78 is 45.4. The van der Waals surface area contributed by atoms with Gasteiger partial charge in [-0.2, -0.15) is 13.2 Å². The van der Waals surface area contributed by atoms with Crippen molar-refractivity contribution in [2.45, 2.75) is 71.1 Å². The Labute approximate surface area is 146 Å². The summed E-state index contributed by atoms with van der Waals surface area (Å²) in [7, 11) is 0. The van der Waals surface area contributed by atoms with Crippen molar-refractivity contribution < 1.29 is 27.8 Å². The van der Waals surface area contributed by atoms with Gasteiger partial charge in [0.2, 0.25) is 6.10 Å². The van der Waals surface area contributed by atoms with Gasteiger partial charge in [-0.15, -0.1) is 0 Å². The molecule has 1 aliphatic heterocycles. The fourth-order valence-corrected chi connectivity index (χ4v) is 3.03. The third-order valence-corrected chi connectivity index (χ3v) is 4.53. The monoisotopic (exact) mass is 358 g/mol. The summed E-state index contributed by atoms with van der Waals surface area (Å²) in [4.78, 5) is 11.4. The van der Waals surface area contributed by atoms with Gasteiger partial charge >= 0.3 is 12.1 Å². The molecular formula is C19H25F3O3. The maximum Gasteiger partial charge on any atom is 0.426 e. The number of alkyl halides is 3. The van der Waals surface area contributed by atoms with Gasteiger partial charge in [-0.3, -0.25) is 4.79 Å². The van der Waals surface area contributed by atoms with Crippen molar-refractivity contribution in [3.05, 3.63) is 28.8 Å². The van der Waals surface area contributed by atoms with E-state index in [9.17, 15) is 23.1 Å². The summed E-state index contributed by atoms with van der Waals surface area (Å²) in [5.41, 5.74) is 1.51. The molecule has 1 aliphatic rings. The minimum absolute atomic E-state index is 0.181. The van der Waals surface area contributed by atoms with Gasteiger partial charge in [0.25, 0.3) is 0 Å². The molecule has 0 amide bonds. The first-order valence-corrected chi connectivity index (χ1v) is 8.26. The highest BCUT2D eigenvalue weighted by Crippen LogP contribution is 2.45. The normalized spacial score (nSPS) is 21.5. The van der Waals surface area contributed by atoms with E-state index in [-0.39, 0.29) is 17.6 Å². The third-order valence-electron chi connectivity index (χ3n) is 4.53. The summed E-state index contributed by atoms with van der Waals surface area (Å²) in [6, 6.07) is 3.67. The van der Waals surface area contributed by atoms with Crippen LogP contribution in [-0.4, -0.2) is 23.4 Å². The van der Waals surface area contributed by atoms with Crippen LogP contribution in [-0.2, 0) is 22.0 Å². The molecular weight excluding hydrogens is 333 g/mol. The van der Waals surface area contributed by atoms with Crippen LogP contribution in [0, 0.1) is 5.92 Å². The number of aliphatic carboxylic acids is 1. The molecule has 2 atom stereocenters. The lowest BCUT2D eigenvalue weighted by molar-refractivity contribution is -0.217. The predicted molar refractivity (Wildman–Crippen MR) is 89.1 cm³/mol. The number of fused-ring (bicyclic) bond motifs is 1. The molecule has 0 fully saturated rings. The smallest absolute Gasteiger partial charge is 0.426 e. The summed E-state index contributed by atoms with van der Waals surface area (Å²) in [6.45, 7) is 11.8. The highest BCUT2D eigenvalue weighted by Gasteiger charge is 2.52. The minimum Gasteiger partial charge on any atom is -0.481 e. The average Bonchev–Trinajstić information content (AvgIpc) is 2.41. The Morgan fingerprint density at radius 2 is 1.64 bits per heavy atom. The second kappa shape index (κ2) is 5.92. The molecule has 1 heterocycles. The van der Waals surface area contributed by atoms with Crippen LogP contribution in [0.2, 0.25) is 0 Å². The number of rotatable bonds is 1. The zero-order valence-corrected chi connectivity index (χ0v) is 15.4. The SMILES string of the molecule is CC(C)(C)c1cc2c(c(C(C)(C)C)c1)OC(C(F)(F)F)C(C(=O)O)C2. The number of ether oxygens (including phenoxy) is 1. The Morgan fingerprint density at radius 1 is 1.08 bits per heavy atom. The lowest BCUT2D eigenvalue weighted by Crippen LogP contribution is -2.48. The van der Waals surface area contributed by atoms with Crippen LogP contribution >= 0.6 is 0 Å². The standard InChI is InChI=1S/C19H25F3O3/c1-17(2,3)11-7-10-8-12(16(23)24)15(19(20,21)22)25-14(10)13(9-11)18(4,5)6/h7,9,12,15H,8H2,1-6H3,(H,23,24). The maximum absolute atomic E-state index is 13.4. The third kappa shape index (κ3) is 3.93. The zero-order chi connectivity index (χ0) is 19.4. The number of carbonyl (C=O) groups is 1. The van der Waals surface area contributed by atoms with Crippen molar-refractivity contribution in [1.29, 1.82) is 0 Å². The van der Waals surface area contributed by atoms with E-state index in [1.165, 1.54) is 0 Å². The first kappa shape index (κ1) is 19.6. The van der Waals surface area contributed by atoms with Crippen LogP contribution in [0.15, 0.2) is 12.1 Å². The van der Waals surface area contributed by atoms with E-state index in [2.05, 4.69) is 0 Å². The topological polar surface area (TPSA) is 46.5 Å². The number of benzene rings is 1. The Hall–Kier alpha value is -1.72. The number of hydrogen-bond acceptors (Lipinski definition) is 2. The van der Waals surface area contributed by atoms with Gasteiger partial charge in [0.05, 0.1) is 0 Å². The summed E-state index contributed by atoms with van der Waals surface area (Å²) in [5, 5.41) is 9.28. The minimum atomic E-state index is -4.74. The van der Waals surface area contributed by atoms with E-state index in [1.807, 2.05) is 47.6 Å². The Bertz CT molecular complexity index is 679. The van der Waals surface area contributed by atoms with Gasteiger partial charge in [-0.25, -0.2) is 0 Å². The molecule has 0 spiro atoms. The summed E-state index contributed by atoms with van der Waals surface area (Å²) >= 11 is 0. The quantitative estimate of drug-likeness (QED) is 0.781. The van der Waals surface area contributed by atoms with Crippen molar-refractivity contribution in [3.63, 3.8) is 0 Å². The van der Waals surface area contributed by atoms with Gasteiger partial charge < -0.3 is 9.84 Å². The van der Waals surface area contributed by atoms with Gasteiger partial charge in [0.15, 0.2) is 0 Å². The lowest BCUT2D eigenvalue weighted by Gasteiger charge is -2.37. The Morgan fingerprint density at radius 3 is 2.04 bits per heavy atom. The van der Waals surface area contributed by atoms with E-state index < -0.39 is 29.6 Å². The molecule has 2 unspecified atom stereocenters. The van der Waals surface area contributed by atoms with Crippen molar-refractivity contribution >= 4 is 5.97 Å². The summed E-state index contributed by atoms with van der Waals surface area (Å²) in [5.74, 6) is -2.96. The van der Waals surface area contributed by atoms with E-state index >= 15 is 0 Å². The summed E-state index contributed by atoms with van der Waals surface area (Å²) in [6.07, 6.45) is -7.26. The highest BCUT2D eigenvalue weighted by atomic mass is 19.4. The lowest BCUT2D eigenvalue weighted by atomic mass is 9.76. The zero-order valence-electron chi connectivity index (χ0n) is 15.4. The number of halogens is 3. The first-order valence-electron chi connectivity index (χ1n) is 8.26. The second-order valence-corrected chi connectivity index (χ2v) is 8.74. The van der Waals surface area contributed by atoms with E-state index in [1.54, 1.807) is 6.07 Å². The number of carboxylic acids is 1. The van der Waals surface area contributed by atoms with Gasteiger partial charge in [-0.05, 0) is 28.4 Å². The van der Waals surface area contributed by atoms with Crippen LogP contribution in [0.4, 0.5) is 13.2 Å². The molecule has 0 aromatic heterocycles. The van der Waals surface area contributed by atoms with Crippen LogP contribution in [0.25, 0.3) is 0 Å². The number of hydrogen-bond donors (Lipinski definition) is 1. The van der Waals surface area contributed by atoms with Crippen molar-refractivity contribution in [1.82, 2.24) is 0 Å². The second-order valence-electron chi connectivity index (χ2n) is 8.74. The molecule has 3 nitrogen and oxygen atoms in total. The van der Waals surface area contributed by atoms with Crippen molar-refractivity contribution in [2.24, 2.45) is 5.92 Å². The predicted octanol–water partition coefficient (Wildman–Crippen LogP) is 4.85. The molecule has 25 heavy (non-hydrogen) atoms. The molecule has 0 radical (unpaired) electrons. The highest BCUT2D eigenvalue weighted by molar-refractivity contribution is 5.72. The molecule has 6 heteroatoms. The fourth-order valence-electron chi connectivity index (χ4n) is 3.03. The van der Waals surface area contributed by atoms with E-state index in [0.717, 1.165) is 5.56 Å². The van der Waals surface area contributed by atoms with Crippen LogP contribution in [0.1, 0.15) is 58.2 Å². The molecule has 0 aliphatic carbocycles. The fraction of sp³-hybridized carbons (Fsp3) is 0.632. The molecule has 2 rings (SSSR count). The van der Waals surface area contributed by atoms with Crippen LogP contribution < -0.4 is 4.74 Å². The van der Waals surface area contributed by atoms with E-state index in [0.29, 0.717) is 11.1 Å². The largest absolute Gasteiger partial charge is 0.481 e. The van der Waals surface area contributed by atoms with Gasteiger partial charge in [0.1, 0.15) is 11.7 Å². The van der Waals surface area contributed by atoms with Crippen molar-refractivity contribution in [3.8, 4) is 5.75 Å². The van der Waals surface area contributed by atoms with Crippen LogP contribution in [0.5, 0.6) is 5.75 Å². The molecule has 140 valence electrons. The molecule has 0 saturated carbocycles. The van der Waals surface area contributed by atoms with Crippen molar-refractivity contribution in [2.75, 3.05) is 0 Å². The molecule has 1 aromatic carbocycles. The first-order chi connectivity index (χ1) is 11.1. The number of carboxylic acid groups (broad SMARTS) is 1. The Kier molecular flexibility index (Phi) is 4.64. The molecule has 0 bridgehead atoms. The van der Waals surface area contributed by atoms with Crippen LogP contribution in [0.3, 0.4) is 0 Å². The van der Waals surface area contributed by atoms with Gasteiger partial charge in [0, 0.05) is 5.56 Å². The average molecular weight is 358 g/mol.